The molecule has 0 unspecified atom stereocenters. The first-order valence-electron chi connectivity index (χ1n) is 11.8. The van der Waals surface area contributed by atoms with Gasteiger partial charge in [-0.1, -0.05) is 43.3 Å². The zero-order valence-corrected chi connectivity index (χ0v) is 20.3. The number of fused-ring (bicyclic) bond motifs is 1. The highest BCUT2D eigenvalue weighted by molar-refractivity contribution is 7.99. The summed E-state index contributed by atoms with van der Waals surface area (Å²) in [5.74, 6) is 0.540. The molecule has 1 amide bonds. The Morgan fingerprint density at radius 2 is 1.94 bits per heavy atom. The standard InChI is InChI=1S/C26H27N5O3S/c1-2-3-14-34-25(33)17-8-10-18(11-9-17)28-23(32)16-35-26-30-29-24(31(26)19-12-13-19)21-15-27-22-7-5-4-6-20(21)22/h4-11,15,19,27H,2-3,12-14,16H2,1H3,(H,28,32). The van der Waals surface area contributed by atoms with E-state index in [2.05, 4.69) is 31.1 Å². The van der Waals surface area contributed by atoms with Gasteiger partial charge in [-0.25, -0.2) is 4.79 Å². The van der Waals surface area contributed by atoms with Crippen LogP contribution in [0.3, 0.4) is 0 Å². The summed E-state index contributed by atoms with van der Waals surface area (Å²) >= 11 is 1.38. The first-order valence-corrected chi connectivity index (χ1v) is 12.8. The van der Waals surface area contributed by atoms with E-state index in [-0.39, 0.29) is 17.6 Å². The Kier molecular flexibility index (Phi) is 6.85. The van der Waals surface area contributed by atoms with Crippen molar-refractivity contribution in [2.24, 2.45) is 0 Å². The minimum absolute atomic E-state index is 0.146. The summed E-state index contributed by atoms with van der Waals surface area (Å²) < 4.78 is 7.38. The van der Waals surface area contributed by atoms with E-state index in [0.717, 1.165) is 53.1 Å². The molecule has 1 aliphatic carbocycles. The Hall–Kier alpha value is -3.59. The maximum atomic E-state index is 12.6. The molecule has 0 bridgehead atoms. The number of nitrogens with one attached hydrogen (secondary N) is 2. The first-order chi connectivity index (χ1) is 17.1. The molecule has 180 valence electrons. The summed E-state index contributed by atoms with van der Waals surface area (Å²) in [6.45, 7) is 2.46. The van der Waals surface area contributed by atoms with Crippen molar-refractivity contribution < 1.29 is 14.3 Å². The predicted molar refractivity (Wildman–Crippen MR) is 137 cm³/mol. The summed E-state index contributed by atoms with van der Waals surface area (Å²) in [6, 6.07) is 15.2. The molecule has 2 heterocycles. The van der Waals surface area contributed by atoms with Crippen LogP contribution in [0.15, 0.2) is 59.9 Å². The molecule has 4 aromatic rings. The number of hydrogen-bond donors (Lipinski definition) is 2. The molecule has 35 heavy (non-hydrogen) atoms. The third kappa shape index (κ3) is 5.24. The minimum atomic E-state index is -0.350. The summed E-state index contributed by atoms with van der Waals surface area (Å²) in [6.07, 6.45) is 5.95. The molecule has 2 aromatic carbocycles. The zero-order valence-electron chi connectivity index (χ0n) is 19.5. The molecule has 0 atom stereocenters. The maximum Gasteiger partial charge on any atom is 0.338 e. The van der Waals surface area contributed by atoms with Gasteiger partial charge in [-0.3, -0.25) is 9.36 Å². The van der Waals surface area contributed by atoms with Crippen molar-refractivity contribution in [3.8, 4) is 11.4 Å². The number of aromatic nitrogens is 4. The van der Waals surface area contributed by atoms with Gasteiger partial charge >= 0.3 is 5.97 Å². The fraction of sp³-hybridized carbons (Fsp3) is 0.308. The topological polar surface area (TPSA) is 102 Å². The fourth-order valence-corrected chi connectivity index (χ4v) is 4.69. The third-order valence-corrected chi connectivity index (χ3v) is 6.82. The highest BCUT2D eigenvalue weighted by atomic mass is 32.2. The van der Waals surface area contributed by atoms with Gasteiger partial charge in [0.15, 0.2) is 11.0 Å². The number of rotatable bonds is 10. The van der Waals surface area contributed by atoms with Crippen LogP contribution in [0.1, 0.15) is 49.0 Å². The van der Waals surface area contributed by atoms with Gasteiger partial charge in [0.2, 0.25) is 5.91 Å². The Morgan fingerprint density at radius 1 is 1.14 bits per heavy atom. The third-order valence-electron chi connectivity index (χ3n) is 5.87. The quantitative estimate of drug-likeness (QED) is 0.174. The van der Waals surface area contributed by atoms with E-state index in [1.165, 1.54) is 11.8 Å². The number of para-hydroxylation sites is 1. The number of nitrogens with zero attached hydrogens (tertiary/aromatic N) is 3. The highest BCUT2D eigenvalue weighted by Crippen LogP contribution is 2.42. The molecule has 8 nitrogen and oxygen atoms in total. The Bertz CT molecular complexity index is 1340. The smallest absolute Gasteiger partial charge is 0.338 e. The number of esters is 1. The molecule has 1 saturated carbocycles. The normalized spacial score (nSPS) is 13.2. The molecular weight excluding hydrogens is 462 g/mol. The first kappa shape index (κ1) is 23.2. The maximum absolute atomic E-state index is 12.6. The number of ether oxygens (including phenoxy) is 1. The van der Waals surface area contributed by atoms with Crippen molar-refractivity contribution in [1.82, 2.24) is 19.7 Å². The predicted octanol–water partition coefficient (Wildman–Crippen LogP) is 5.45. The molecule has 1 aliphatic rings. The van der Waals surface area contributed by atoms with Gasteiger partial charge < -0.3 is 15.0 Å². The van der Waals surface area contributed by atoms with Gasteiger partial charge in [0, 0.05) is 34.4 Å². The van der Waals surface area contributed by atoms with E-state index in [9.17, 15) is 9.59 Å². The van der Waals surface area contributed by atoms with Gasteiger partial charge in [0.1, 0.15) is 0 Å². The lowest BCUT2D eigenvalue weighted by atomic mass is 10.1. The van der Waals surface area contributed by atoms with Gasteiger partial charge in [0.25, 0.3) is 0 Å². The average molecular weight is 490 g/mol. The number of H-pyrrole nitrogens is 1. The molecule has 9 heteroatoms. The molecular formula is C26H27N5O3S. The fourth-order valence-electron chi connectivity index (χ4n) is 3.89. The molecule has 5 rings (SSSR count). The van der Waals surface area contributed by atoms with Crippen molar-refractivity contribution in [2.45, 2.75) is 43.8 Å². The average Bonchev–Trinajstić information content (AvgIpc) is 3.48. The molecule has 1 fully saturated rings. The van der Waals surface area contributed by atoms with E-state index in [0.29, 0.717) is 23.9 Å². The Labute approximate surface area is 207 Å². The van der Waals surface area contributed by atoms with Gasteiger partial charge in [-0.15, -0.1) is 10.2 Å². The van der Waals surface area contributed by atoms with E-state index in [1.54, 1.807) is 24.3 Å². The van der Waals surface area contributed by atoms with Crippen LogP contribution in [-0.4, -0.2) is 44.0 Å². The van der Waals surface area contributed by atoms with E-state index >= 15 is 0 Å². The summed E-state index contributed by atoms with van der Waals surface area (Å²) in [5.41, 5.74) is 3.17. The molecule has 2 aromatic heterocycles. The lowest BCUT2D eigenvalue weighted by Crippen LogP contribution is -2.15. The van der Waals surface area contributed by atoms with Crippen molar-refractivity contribution in [1.29, 1.82) is 0 Å². The zero-order chi connectivity index (χ0) is 24.2. The van der Waals surface area contributed by atoms with E-state index in [1.807, 2.05) is 31.3 Å². The van der Waals surface area contributed by atoms with Gasteiger partial charge in [0.05, 0.1) is 17.9 Å². The van der Waals surface area contributed by atoms with Gasteiger partial charge in [-0.05, 0) is 49.6 Å². The number of unbranched alkanes of at least 4 members (excludes halogenated alkanes) is 1. The van der Waals surface area contributed by atoms with Crippen LogP contribution in [0.25, 0.3) is 22.3 Å². The van der Waals surface area contributed by atoms with Crippen LogP contribution in [0.2, 0.25) is 0 Å². The van der Waals surface area contributed by atoms with Crippen molar-refractivity contribution >= 4 is 40.2 Å². The van der Waals surface area contributed by atoms with Crippen LogP contribution in [0.5, 0.6) is 0 Å². The van der Waals surface area contributed by atoms with Crippen LogP contribution in [0, 0.1) is 0 Å². The Balaban J connectivity index is 1.22. The van der Waals surface area contributed by atoms with Crippen molar-refractivity contribution in [2.75, 3.05) is 17.7 Å². The number of benzene rings is 2. The molecule has 0 saturated heterocycles. The van der Waals surface area contributed by atoms with Crippen molar-refractivity contribution in [3.63, 3.8) is 0 Å². The van der Waals surface area contributed by atoms with Crippen LogP contribution in [0.4, 0.5) is 5.69 Å². The number of carbonyl (C=O) groups is 2. The second kappa shape index (κ2) is 10.4. The summed E-state index contributed by atoms with van der Waals surface area (Å²) in [4.78, 5) is 27.9. The monoisotopic (exact) mass is 489 g/mol. The number of hydrogen-bond acceptors (Lipinski definition) is 6. The second-order valence-corrected chi connectivity index (χ2v) is 9.50. The number of amides is 1. The minimum Gasteiger partial charge on any atom is -0.462 e. The van der Waals surface area contributed by atoms with Crippen molar-refractivity contribution in [3.05, 3.63) is 60.3 Å². The van der Waals surface area contributed by atoms with E-state index in [4.69, 9.17) is 4.74 Å². The number of thioether (sulfide) groups is 1. The lowest BCUT2D eigenvalue weighted by molar-refractivity contribution is -0.113. The van der Waals surface area contributed by atoms with Crippen LogP contribution < -0.4 is 5.32 Å². The molecule has 0 aliphatic heterocycles. The largest absolute Gasteiger partial charge is 0.462 e. The SMILES string of the molecule is CCCCOC(=O)c1ccc(NC(=O)CSc2nnc(-c3c[nH]c4ccccc34)n2C2CC2)cc1. The van der Waals surface area contributed by atoms with Gasteiger partial charge in [-0.2, -0.15) is 0 Å². The Morgan fingerprint density at radius 3 is 2.71 bits per heavy atom. The van der Waals surface area contributed by atoms with E-state index < -0.39 is 0 Å². The molecule has 2 N–H and O–H groups in total. The highest BCUT2D eigenvalue weighted by Gasteiger charge is 2.31. The van der Waals surface area contributed by atoms with Crippen LogP contribution in [-0.2, 0) is 9.53 Å². The number of carbonyl (C=O) groups excluding carboxylic acids is 2. The number of anilines is 1. The summed E-state index contributed by atoms with van der Waals surface area (Å²) in [5, 5.41) is 13.6. The molecule has 0 radical (unpaired) electrons. The second-order valence-electron chi connectivity index (χ2n) is 8.56. The molecule has 0 spiro atoms. The summed E-state index contributed by atoms with van der Waals surface area (Å²) in [7, 11) is 0. The lowest BCUT2D eigenvalue weighted by Gasteiger charge is -2.09. The number of aromatic amines is 1. The van der Waals surface area contributed by atoms with Crippen LogP contribution >= 0.6 is 11.8 Å².